The summed E-state index contributed by atoms with van der Waals surface area (Å²) in [5.74, 6) is 0.600. The third-order valence-electron chi connectivity index (χ3n) is 4.11. The van der Waals surface area contributed by atoms with Crippen molar-refractivity contribution in [3.63, 3.8) is 0 Å². The molecule has 3 rings (SSSR count). The summed E-state index contributed by atoms with van der Waals surface area (Å²) in [5.41, 5.74) is 8.65. The van der Waals surface area contributed by atoms with Crippen molar-refractivity contribution in [2.75, 3.05) is 12.5 Å². The second-order valence-corrected chi connectivity index (χ2v) is 6.70. The summed E-state index contributed by atoms with van der Waals surface area (Å²) in [7, 11) is 1.31. The smallest absolute Gasteiger partial charge is 0.416 e. The van der Waals surface area contributed by atoms with Crippen LogP contribution in [0.25, 0.3) is 11.3 Å². The molecule has 0 atom stereocenters. The zero-order valence-corrected chi connectivity index (χ0v) is 17.4. The Morgan fingerprint density at radius 2 is 1.75 bits per heavy atom. The number of furan rings is 1. The lowest BCUT2D eigenvalue weighted by Gasteiger charge is -2.11. The molecule has 166 valence electrons. The van der Waals surface area contributed by atoms with Crippen molar-refractivity contribution in [1.29, 1.82) is 0 Å². The van der Waals surface area contributed by atoms with E-state index in [9.17, 15) is 18.0 Å². The normalized spacial score (nSPS) is 11.2. The highest BCUT2D eigenvalue weighted by molar-refractivity contribution is 7.80. The molecule has 1 aromatic heterocycles. The van der Waals surface area contributed by atoms with Gasteiger partial charge in [0.1, 0.15) is 11.5 Å². The number of hydrogen-bond donors (Lipinski definition) is 3. The van der Waals surface area contributed by atoms with Crippen LogP contribution in [0.1, 0.15) is 21.7 Å². The van der Waals surface area contributed by atoms with Gasteiger partial charge in [-0.3, -0.25) is 16.3 Å². The fourth-order valence-electron chi connectivity index (χ4n) is 2.52. The summed E-state index contributed by atoms with van der Waals surface area (Å²) in [4.78, 5) is 11.5. The van der Waals surface area contributed by atoms with E-state index < -0.39 is 17.7 Å². The highest BCUT2D eigenvalue weighted by atomic mass is 32.1. The van der Waals surface area contributed by atoms with Crippen molar-refractivity contribution in [2.24, 2.45) is 5.10 Å². The fraction of sp³-hybridized carbons (Fsp3) is 0.0952. The minimum atomic E-state index is -4.39. The Labute approximate surface area is 186 Å². The van der Waals surface area contributed by atoms with Gasteiger partial charge < -0.3 is 9.15 Å². The number of ether oxygens (including phenoxy) is 1. The minimum Gasteiger partial charge on any atom is -0.465 e. The van der Waals surface area contributed by atoms with Crippen LogP contribution in [-0.2, 0) is 10.9 Å². The Kier molecular flexibility index (Phi) is 7.11. The van der Waals surface area contributed by atoms with E-state index in [1.54, 1.807) is 36.4 Å². The maximum atomic E-state index is 12.6. The summed E-state index contributed by atoms with van der Waals surface area (Å²) >= 11 is 5.03. The number of anilines is 1. The first-order valence-electron chi connectivity index (χ1n) is 9.07. The van der Waals surface area contributed by atoms with E-state index in [2.05, 4.69) is 26.1 Å². The maximum Gasteiger partial charge on any atom is 0.416 e. The molecule has 3 N–H and O–H groups in total. The molecule has 0 unspecified atom stereocenters. The molecule has 0 spiro atoms. The van der Waals surface area contributed by atoms with Crippen molar-refractivity contribution >= 4 is 35.2 Å². The third kappa shape index (κ3) is 6.08. The summed E-state index contributed by atoms with van der Waals surface area (Å²) < 4.78 is 48.0. The minimum absolute atomic E-state index is 0.0892. The first-order chi connectivity index (χ1) is 15.3. The van der Waals surface area contributed by atoms with Gasteiger partial charge >= 0.3 is 12.1 Å². The number of esters is 1. The average Bonchev–Trinajstić information content (AvgIpc) is 3.26. The van der Waals surface area contributed by atoms with Crippen molar-refractivity contribution in [2.45, 2.75) is 6.18 Å². The topological polar surface area (TPSA) is 87.9 Å². The van der Waals surface area contributed by atoms with Gasteiger partial charge in [0.05, 0.1) is 30.1 Å². The monoisotopic (exact) mass is 462 g/mol. The molecule has 0 aliphatic rings. The molecule has 7 nitrogen and oxygen atoms in total. The van der Waals surface area contributed by atoms with E-state index in [1.807, 2.05) is 0 Å². The van der Waals surface area contributed by atoms with Crippen LogP contribution in [-0.4, -0.2) is 24.4 Å². The van der Waals surface area contributed by atoms with E-state index in [0.29, 0.717) is 22.8 Å². The molecule has 0 radical (unpaired) electrons. The van der Waals surface area contributed by atoms with Crippen molar-refractivity contribution < 1.29 is 27.1 Å². The number of thiocarbonyl (C=S) groups is 1. The standard InChI is InChI=1S/C21H17F3N4O3S/c1-30-19(29)14-4-2-13(3-5-14)18-11-10-17(31-18)12-25-27-20(32)28-26-16-8-6-15(7-9-16)21(22,23)24/h2-12,26H,1H3,(H2,27,28,32)/b25-12+. The van der Waals surface area contributed by atoms with Crippen LogP contribution in [0, 0.1) is 0 Å². The van der Waals surface area contributed by atoms with E-state index in [1.165, 1.54) is 25.5 Å². The number of carbonyl (C=O) groups excluding carboxylic acids is 1. The van der Waals surface area contributed by atoms with Gasteiger partial charge in [-0.05, 0) is 60.7 Å². The average molecular weight is 462 g/mol. The van der Waals surface area contributed by atoms with Gasteiger partial charge in [-0.1, -0.05) is 12.1 Å². The number of alkyl halides is 3. The quantitative estimate of drug-likeness (QED) is 0.214. The van der Waals surface area contributed by atoms with Gasteiger partial charge in [0.2, 0.25) is 5.11 Å². The largest absolute Gasteiger partial charge is 0.465 e. The van der Waals surface area contributed by atoms with Crippen LogP contribution < -0.4 is 16.3 Å². The van der Waals surface area contributed by atoms with E-state index in [0.717, 1.165) is 17.7 Å². The number of hydrazine groups is 1. The number of benzene rings is 2. The molecule has 0 amide bonds. The summed E-state index contributed by atoms with van der Waals surface area (Å²) in [5, 5.41) is 4.02. The van der Waals surface area contributed by atoms with Crippen molar-refractivity contribution in [1.82, 2.24) is 10.9 Å². The molecule has 0 bridgehead atoms. The molecule has 0 aliphatic heterocycles. The first kappa shape index (κ1) is 22.8. The highest BCUT2D eigenvalue weighted by Gasteiger charge is 2.29. The van der Waals surface area contributed by atoms with Gasteiger partial charge in [0.25, 0.3) is 0 Å². The lowest BCUT2D eigenvalue weighted by atomic mass is 10.1. The van der Waals surface area contributed by atoms with Crippen LogP contribution in [0.3, 0.4) is 0 Å². The van der Waals surface area contributed by atoms with Crippen LogP contribution in [0.5, 0.6) is 0 Å². The number of rotatable bonds is 6. The Bertz CT molecular complexity index is 1110. The molecule has 0 saturated heterocycles. The number of methoxy groups -OCH3 is 1. The zero-order valence-electron chi connectivity index (χ0n) is 16.6. The number of hydrogen-bond acceptors (Lipinski definition) is 6. The lowest BCUT2D eigenvalue weighted by Crippen LogP contribution is -2.36. The van der Waals surface area contributed by atoms with Crippen LogP contribution in [0.4, 0.5) is 18.9 Å². The van der Waals surface area contributed by atoms with Gasteiger partial charge in [0, 0.05) is 5.56 Å². The molecule has 0 saturated carbocycles. The maximum absolute atomic E-state index is 12.6. The second-order valence-electron chi connectivity index (χ2n) is 6.30. The van der Waals surface area contributed by atoms with Gasteiger partial charge in [-0.25, -0.2) is 4.79 Å². The van der Waals surface area contributed by atoms with E-state index in [-0.39, 0.29) is 5.11 Å². The van der Waals surface area contributed by atoms with E-state index in [4.69, 9.17) is 16.6 Å². The molecule has 2 aromatic carbocycles. The Hall–Kier alpha value is -3.86. The SMILES string of the molecule is COC(=O)c1ccc(-c2ccc(/C=N/NC(=S)NNc3ccc(C(F)(F)F)cc3)o2)cc1. The Morgan fingerprint density at radius 3 is 2.38 bits per heavy atom. The molecular formula is C21H17F3N4O3S. The summed E-state index contributed by atoms with van der Waals surface area (Å²) in [6, 6.07) is 14.6. The van der Waals surface area contributed by atoms with Crippen molar-refractivity contribution in [3.8, 4) is 11.3 Å². The molecule has 0 fully saturated rings. The molecule has 32 heavy (non-hydrogen) atoms. The summed E-state index contributed by atoms with van der Waals surface area (Å²) in [6.07, 6.45) is -2.99. The molecule has 1 heterocycles. The second kappa shape index (κ2) is 9.96. The Morgan fingerprint density at radius 1 is 1.06 bits per heavy atom. The van der Waals surface area contributed by atoms with Gasteiger partial charge in [-0.15, -0.1) is 0 Å². The highest BCUT2D eigenvalue weighted by Crippen LogP contribution is 2.29. The Balaban J connectivity index is 1.49. The molecule has 3 aromatic rings. The number of nitrogens with one attached hydrogen (secondary N) is 3. The molecule has 0 aliphatic carbocycles. The summed E-state index contributed by atoms with van der Waals surface area (Å²) in [6.45, 7) is 0. The van der Waals surface area contributed by atoms with E-state index >= 15 is 0 Å². The number of carbonyl (C=O) groups is 1. The van der Waals surface area contributed by atoms with Gasteiger partial charge in [0.15, 0.2) is 0 Å². The predicted octanol–water partition coefficient (Wildman–Crippen LogP) is 4.58. The number of halogens is 3. The third-order valence-corrected chi connectivity index (χ3v) is 4.30. The first-order valence-corrected chi connectivity index (χ1v) is 9.48. The van der Waals surface area contributed by atoms with Crippen molar-refractivity contribution in [3.05, 3.63) is 77.6 Å². The van der Waals surface area contributed by atoms with Crippen LogP contribution in [0.15, 0.2) is 70.2 Å². The zero-order chi connectivity index (χ0) is 23.1. The predicted molar refractivity (Wildman–Crippen MR) is 117 cm³/mol. The number of hydrazone groups is 1. The molecule has 11 heteroatoms. The van der Waals surface area contributed by atoms with Gasteiger partial charge in [-0.2, -0.15) is 18.3 Å². The van der Waals surface area contributed by atoms with Crippen LogP contribution >= 0.6 is 12.2 Å². The lowest BCUT2D eigenvalue weighted by molar-refractivity contribution is -0.137. The number of nitrogens with zero attached hydrogens (tertiary/aromatic N) is 1. The van der Waals surface area contributed by atoms with Crippen LogP contribution in [0.2, 0.25) is 0 Å². The fourth-order valence-corrected chi connectivity index (χ4v) is 2.62. The molecular weight excluding hydrogens is 445 g/mol.